The molecule has 0 aliphatic heterocycles. The monoisotopic (exact) mass is 375 g/mol. The van der Waals surface area contributed by atoms with Crippen molar-refractivity contribution in [2.75, 3.05) is 12.4 Å². The van der Waals surface area contributed by atoms with Gasteiger partial charge in [-0.3, -0.25) is 4.98 Å². The topological polar surface area (TPSA) is 72.8 Å². The molecule has 4 rings (SSSR count). The first-order chi connectivity index (χ1) is 13.3. The predicted octanol–water partition coefficient (Wildman–Crippen LogP) is 4.28. The van der Waals surface area contributed by atoms with E-state index in [1.54, 1.807) is 30.8 Å². The molecule has 134 valence electrons. The molecule has 0 fully saturated rings. The number of methoxy groups -OCH3 is 1. The predicted molar refractivity (Wildman–Crippen MR) is 107 cm³/mol. The van der Waals surface area contributed by atoms with Crippen LogP contribution in [0.2, 0.25) is 0 Å². The first-order valence-corrected chi connectivity index (χ1v) is 9.26. The molecule has 0 aliphatic rings. The van der Waals surface area contributed by atoms with Gasteiger partial charge in [0.1, 0.15) is 16.6 Å². The Morgan fingerprint density at radius 2 is 1.74 bits per heavy atom. The number of ether oxygens (including phenoxy) is 1. The molecular weight excluding hydrogens is 358 g/mol. The number of nitrogens with one attached hydrogen (secondary N) is 1. The van der Waals surface area contributed by atoms with E-state index >= 15 is 0 Å². The summed E-state index contributed by atoms with van der Waals surface area (Å²) in [4.78, 5) is 8.68. The van der Waals surface area contributed by atoms with Gasteiger partial charge in [0.25, 0.3) is 0 Å². The lowest BCUT2D eigenvalue weighted by molar-refractivity contribution is 0.415. The van der Waals surface area contributed by atoms with E-state index in [2.05, 4.69) is 25.5 Å². The highest BCUT2D eigenvalue weighted by molar-refractivity contribution is 7.13. The Kier molecular flexibility index (Phi) is 5.02. The highest BCUT2D eigenvalue weighted by atomic mass is 32.1. The Labute approximate surface area is 160 Å². The van der Waals surface area contributed by atoms with Gasteiger partial charge in [-0.15, -0.1) is 21.5 Å². The lowest BCUT2D eigenvalue weighted by Crippen LogP contribution is -2.03. The van der Waals surface area contributed by atoms with Crippen LogP contribution in [0.3, 0.4) is 0 Å². The van der Waals surface area contributed by atoms with Crippen LogP contribution in [0.25, 0.3) is 21.8 Å². The van der Waals surface area contributed by atoms with Crippen LogP contribution in [0.15, 0.2) is 66.3 Å². The quantitative estimate of drug-likeness (QED) is 0.542. The number of pyridine rings is 1. The van der Waals surface area contributed by atoms with Crippen LogP contribution in [0.5, 0.6) is 5.75 Å². The van der Waals surface area contributed by atoms with Crippen molar-refractivity contribution in [1.29, 1.82) is 0 Å². The third kappa shape index (κ3) is 4.09. The second-order valence-electron chi connectivity index (χ2n) is 5.77. The molecule has 0 saturated heterocycles. The van der Waals surface area contributed by atoms with Crippen LogP contribution in [0.1, 0.15) is 5.69 Å². The van der Waals surface area contributed by atoms with Crippen molar-refractivity contribution in [3.05, 3.63) is 72.0 Å². The zero-order valence-corrected chi connectivity index (χ0v) is 15.5. The van der Waals surface area contributed by atoms with E-state index in [4.69, 9.17) is 4.74 Å². The van der Waals surface area contributed by atoms with Gasteiger partial charge in [0, 0.05) is 28.9 Å². The number of hydrogen-bond acceptors (Lipinski definition) is 7. The Balaban J connectivity index is 1.39. The van der Waals surface area contributed by atoms with Gasteiger partial charge in [-0.2, -0.15) is 0 Å². The zero-order valence-electron chi connectivity index (χ0n) is 14.7. The smallest absolute Gasteiger partial charge is 0.149 e. The molecule has 3 aromatic heterocycles. The highest BCUT2D eigenvalue weighted by Crippen LogP contribution is 2.24. The fraction of sp³-hybridized carbons (Fsp3) is 0.100. The normalized spacial score (nSPS) is 10.6. The Bertz CT molecular complexity index is 1000. The molecule has 0 saturated carbocycles. The Hall–Kier alpha value is -3.32. The summed E-state index contributed by atoms with van der Waals surface area (Å²) in [6.07, 6.45) is 3.54. The summed E-state index contributed by atoms with van der Waals surface area (Å²) < 4.78 is 5.17. The number of anilines is 1. The van der Waals surface area contributed by atoms with Crippen LogP contribution in [0.4, 0.5) is 5.82 Å². The number of rotatable bonds is 6. The minimum atomic E-state index is 0.595. The van der Waals surface area contributed by atoms with Crippen molar-refractivity contribution in [3.8, 4) is 27.6 Å². The van der Waals surface area contributed by atoms with Crippen molar-refractivity contribution in [1.82, 2.24) is 20.2 Å². The third-order valence-electron chi connectivity index (χ3n) is 3.98. The number of thiazole rings is 1. The van der Waals surface area contributed by atoms with E-state index in [1.807, 2.05) is 53.9 Å². The fourth-order valence-electron chi connectivity index (χ4n) is 2.54. The SMILES string of the molecule is COc1ccc(-c2ccc(NCc3csc(-c4ccncc4)n3)nn2)cc1. The number of aromatic nitrogens is 4. The van der Waals surface area contributed by atoms with Crippen molar-refractivity contribution < 1.29 is 4.74 Å². The molecule has 0 bridgehead atoms. The van der Waals surface area contributed by atoms with E-state index in [0.29, 0.717) is 12.4 Å². The van der Waals surface area contributed by atoms with Crippen molar-refractivity contribution >= 4 is 17.2 Å². The number of hydrogen-bond donors (Lipinski definition) is 1. The van der Waals surface area contributed by atoms with Crippen molar-refractivity contribution in [3.63, 3.8) is 0 Å². The van der Waals surface area contributed by atoms with Crippen LogP contribution >= 0.6 is 11.3 Å². The summed E-state index contributed by atoms with van der Waals surface area (Å²) in [5.74, 6) is 1.53. The van der Waals surface area contributed by atoms with Crippen LogP contribution in [0, 0.1) is 0 Å². The van der Waals surface area contributed by atoms with Gasteiger partial charge in [-0.05, 0) is 48.5 Å². The Morgan fingerprint density at radius 3 is 2.44 bits per heavy atom. The average molecular weight is 375 g/mol. The molecule has 6 nitrogen and oxygen atoms in total. The summed E-state index contributed by atoms with van der Waals surface area (Å²) >= 11 is 1.62. The van der Waals surface area contributed by atoms with Crippen LogP contribution < -0.4 is 10.1 Å². The molecular formula is C20H17N5OS. The molecule has 0 amide bonds. The van der Waals surface area contributed by atoms with Gasteiger partial charge >= 0.3 is 0 Å². The minimum Gasteiger partial charge on any atom is -0.497 e. The zero-order chi connectivity index (χ0) is 18.5. The fourth-order valence-corrected chi connectivity index (χ4v) is 3.36. The lowest BCUT2D eigenvalue weighted by atomic mass is 10.1. The largest absolute Gasteiger partial charge is 0.497 e. The van der Waals surface area contributed by atoms with Gasteiger partial charge in [-0.25, -0.2) is 4.98 Å². The van der Waals surface area contributed by atoms with Crippen molar-refractivity contribution in [2.45, 2.75) is 6.54 Å². The van der Waals surface area contributed by atoms with E-state index in [1.165, 1.54) is 0 Å². The maximum absolute atomic E-state index is 5.17. The molecule has 0 radical (unpaired) electrons. The summed E-state index contributed by atoms with van der Waals surface area (Å²) in [5, 5.41) is 14.8. The number of nitrogens with zero attached hydrogens (tertiary/aromatic N) is 4. The average Bonchev–Trinajstić information content (AvgIpc) is 3.22. The molecule has 0 aliphatic carbocycles. The summed E-state index contributed by atoms with van der Waals surface area (Å²) in [5.41, 5.74) is 3.85. The second kappa shape index (κ2) is 7.92. The van der Waals surface area contributed by atoms with Crippen LogP contribution in [-0.4, -0.2) is 27.3 Å². The van der Waals surface area contributed by atoms with E-state index in [9.17, 15) is 0 Å². The first-order valence-electron chi connectivity index (χ1n) is 8.38. The molecule has 3 heterocycles. The van der Waals surface area contributed by atoms with Gasteiger partial charge in [0.2, 0.25) is 0 Å². The van der Waals surface area contributed by atoms with Gasteiger partial charge in [0.15, 0.2) is 0 Å². The summed E-state index contributed by atoms with van der Waals surface area (Å²) in [7, 11) is 1.65. The first kappa shape index (κ1) is 17.1. The van der Waals surface area contributed by atoms with Gasteiger partial charge in [-0.1, -0.05) is 0 Å². The molecule has 7 heteroatoms. The summed E-state index contributed by atoms with van der Waals surface area (Å²) in [6, 6.07) is 15.5. The maximum atomic E-state index is 5.17. The summed E-state index contributed by atoms with van der Waals surface area (Å²) in [6.45, 7) is 0.595. The standard InChI is InChI=1S/C20H17N5OS/c1-26-17-4-2-14(3-5-17)18-6-7-19(25-24-18)22-12-16-13-27-20(23-16)15-8-10-21-11-9-15/h2-11,13H,12H2,1H3,(H,22,25). The molecule has 4 aromatic rings. The second-order valence-corrected chi connectivity index (χ2v) is 6.62. The van der Waals surface area contributed by atoms with E-state index < -0.39 is 0 Å². The Morgan fingerprint density at radius 1 is 0.926 bits per heavy atom. The molecule has 0 unspecified atom stereocenters. The van der Waals surface area contributed by atoms with Gasteiger partial charge in [0.05, 0.1) is 25.0 Å². The third-order valence-corrected chi connectivity index (χ3v) is 4.92. The molecule has 1 aromatic carbocycles. The minimum absolute atomic E-state index is 0.595. The number of benzene rings is 1. The van der Waals surface area contributed by atoms with Gasteiger partial charge < -0.3 is 10.1 Å². The molecule has 27 heavy (non-hydrogen) atoms. The molecule has 1 N–H and O–H groups in total. The van der Waals surface area contributed by atoms with E-state index in [-0.39, 0.29) is 0 Å². The lowest BCUT2D eigenvalue weighted by Gasteiger charge is -2.05. The van der Waals surface area contributed by atoms with Crippen molar-refractivity contribution in [2.24, 2.45) is 0 Å². The highest BCUT2D eigenvalue weighted by Gasteiger charge is 2.06. The molecule has 0 spiro atoms. The van der Waals surface area contributed by atoms with Crippen LogP contribution in [-0.2, 0) is 6.54 Å². The maximum Gasteiger partial charge on any atom is 0.149 e. The molecule has 0 atom stereocenters. The van der Waals surface area contributed by atoms with E-state index in [0.717, 1.165) is 33.3 Å².